The molecule has 0 aliphatic carbocycles. The van der Waals surface area contributed by atoms with E-state index in [2.05, 4.69) is 5.32 Å². The lowest BCUT2D eigenvalue weighted by atomic mass is 10.2. The molecule has 0 aliphatic heterocycles. The van der Waals surface area contributed by atoms with Gasteiger partial charge in [0.15, 0.2) is 0 Å². The van der Waals surface area contributed by atoms with Crippen LogP contribution in [-0.2, 0) is 11.3 Å². The summed E-state index contributed by atoms with van der Waals surface area (Å²) in [6.07, 6.45) is 2.04. The maximum Gasteiger partial charge on any atom is 0.372 e. The van der Waals surface area contributed by atoms with Crippen molar-refractivity contribution < 1.29 is 19.1 Å². The van der Waals surface area contributed by atoms with Crippen molar-refractivity contribution in [3.63, 3.8) is 0 Å². The molecule has 17 heavy (non-hydrogen) atoms. The molecule has 0 saturated heterocycles. The van der Waals surface area contributed by atoms with Crippen LogP contribution in [-0.4, -0.2) is 31.3 Å². The van der Waals surface area contributed by atoms with Crippen molar-refractivity contribution in [3.05, 3.63) is 23.2 Å². The number of carbonyl (C=O) groups is 1. The summed E-state index contributed by atoms with van der Waals surface area (Å²) in [6, 6.07) is 1.76. The van der Waals surface area contributed by atoms with E-state index in [9.17, 15) is 4.79 Å². The highest BCUT2D eigenvalue weighted by molar-refractivity contribution is 5.86. The number of aromatic carboxylic acids is 1. The zero-order valence-electron chi connectivity index (χ0n) is 10.3. The topological polar surface area (TPSA) is 71.7 Å². The quantitative estimate of drug-likeness (QED) is 0.679. The maximum atomic E-state index is 10.8. The maximum absolute atomic E-state index is 10.8. The lowest BCUT2D eigenvalue weighted by Gasteiger charge is -2.02. The Morgan fingerprint density at radius 3 is 2.88 bits per heavy atom. The number of unbranched alkanes of at least 4 members (excludes halogenated alkanes) is 1. The summed E-state index contributed by atoms with van der Waals surface area (Å²) in [4.78, 5) is 10.8. The molecule has 2 N–H and O–H groups in total. The first-order chi connectivity index (χ1) is 8.15. The predicted molar refractivity (Wildman–Crippen MR) is 63.2 cm³/mol. The van der Waals surface area contributed by atoms with Gasteiger partial charge in [-0.3, -0.25) is 0 Å². The van der Waals surface area contributed by atoms with Gasteiger partial charge < -0.3 is 19.6 Å². The van der Waals surface area contributed by atoms with Crippen LogP contribution in [0.4, 0.5) is 0 Å². The Hall–Kier alpha value is -1.33. The van der Waals surface area contributed by atoms with Gasteiger partial charge in [0.2, 0.25) is 5.76 Å². The second kappa shape index (κ2) is 7.09. The summed E-state index contributed by atoms with van der Waals surface area (Å²) >= 11 is 0. The van der Waals surface area contributed by atoms with Crippen LogP contribution < -0.4 is 5.32 Å². The molecule has 5 nitrogen and oxygen atoms in total. The van der Waals surface area contributed by atoms with E-state index in [1.165, 1.54) is 0 Å². The van der Waals surface area contributed by atoms with Gasteiger partial charge in [-0.05, 0) is 32.4 Å². The fourth-order valence-electron chi connectivity index (χ4n) is 1.56. The smallest absolute Gasteiger partial charge is 0.372 e. The summed E-state index contributed by atoms with van der Waals surface area (Å²) in [6.45, 7) is 3.92. The van der Waals surface area contributed by atoms with Gasteiger partial charge in [0.1, 0.15) is 5.76 Å². The number of furan rings is 1. The Morgan fingerprint density at radius 1 is 1.53 bits per heavy atom. The van der Waals surface area contributed by atoms with Crippen LogP contribution >= 0.6 is 0 Å². The lowest BCUT2D eigenvalue weighted by molar-refractivity contribution is 0.0659. The van der Waals surface area contributed by atoms with Crippen LogP contribution in [0.2, 0.25) is 0 Å². The van der Waals surface area contributed by atoms with Gasteiger partial charge in [0, 0.05) is 19.3 Å². The SMILES string of the molecule is COCCCCNCc1cc(C)c(C(=O)O)o1. The average molecular weight is 241 g/mol. The number of carboxylic acid groups (broad SMARTS) is 1. The second-order valence-corrected chi connectivity index (χ2v) is 3.91. The Kier molecular flexibility index (Phi) is 5.72. The van der Waals surface area contributed by atoms with Crippen LogP contribution in [0.5, 0.6) is 0 Å². The van der Waals surface area contributed by atoms with Crippen molar-refractivity contribution in [2.75, 3.05) is 20.3 Å². The highest BCUT2D eigenvalue weighted by Gasteiger charge is 2.13. The van der Waals surface area contributed by atoms with Gasteiger partial charge in [0.25, 0.3) is 0 Å². The molecule has 0 spiro atoms. The molecule has 0 radical (unpaired) electrons. The number of methoxy groups -OCH3 is 1. The largest absolute Gasteiger partial charge is 0.475 e. The third-order valence-electron chi connectivity index (χ3n) is 2.41. The molecule has 0 fully saturated rings. The lowest BCUT2D eigenvalue weighted by Crippen LogP contribution is -2.14. The number of rotatable bonds is 8. The van der Waals surface area contributed by atoms with E-state index in [-0.39, 0.29) is 5.76 Å². The Morgan fingerprint density at radius 2 is 2.29 bits per heavy atom. The number of ether oxygens (including phenoxy) is 1. The normalized spacial score (nSPS) is 10.7. The molecule has 0 atom stereocenters. The zero-order valence-corrected chi connectivity index (χ0v) is 10.3. The fourth-order valence-corrected chi connectivity index (χ4v) is 1.56. The molecule has 0 unspecified atom stereocenters. The average Bonchev–Trinajstić information content (AvgIpc) is 2.65. The van der Waals surface area contributed by atoms with E-state index >= 15 is 0 Å². The third kappa shape index (κ3) is 4.58. The van der Waals surface area contributed by atoms with Crippen molar-refractivity contribution in [3.8, 4) is 0 Å². The first-order valence-electron chi connectivity index (χ1n) is 5.67. The predicted octanol–water partition coefficient (Wildman–Crippen LogP) is 1.80. The molecule has 0 aromatic carbocycles. The molecule has 0 bridgehead atoms. The molecule has 1 heterocycles. The monoisotopic (exact) mass is 241 g/mol. The van der Waals surface area contributed by atoms with Crippen LogP contribution in [0.3, 0.4) is 0 Å². The minimum absolute atomic E-state index is 0.0289. The molecule has 1 rings (SSSR count). The number of carboxylic acids is 1. The minimum Gasteiger partial charge on any atom is -0.475 e. The first kappa shape index (κ1) is 13.7. The standard InChI is InChI=1S/C12H19NO4/c1-9-7-10(17-11(9)12(14)15)8-13-5-3-4-6-16-2/h7,13H,3-6,8H2,1-2H3,(H,14,15). The van der Waals surface area contributed by atoms with Crippen LogP contribution in [0.25, 0.3) is 0 Å². The van der Waals surface area contributed by atoms with Crippen molar-refractivity contribution in [1.29, 1.82) is 0 Å². The van der Waals surface area contributed by atoms with E-state index in [0.29, 0.717) is 17.9 Å². The first-order valence-corrected chi connectivity index (χ1v) is 5.67. The van der Waals surface area contributed by atoms with Gasteiger partial charge in [-0.1, -0.05) is 0 Å². The summed E-state index contributed by atoms with van der Waals surface area (Å²) in [7, 11) is 1.69. The molecule has 5 heteroatoms. The molecule has 0 saturated carbocycles. The van der Waals surface area contributed by atoms with Crippen LogP contribution in [0, 0.1) is 6.92 Å². The molecular weight excluding hydrogens is 222 g/mol. The van der Waals surface area contributed by atoms with Gasteiger partial charge in [-0.2, -0.15) is 0 Å². The Labute approximate surface area is 101 Å². The summed E-state index contributed by atoms with van der Waals surface area (Å²) in [5.41, 5.74) is 0.661. The van der Waals surface area contributed by atoms with Gasteiger partial charge >= 0.3 is 5.97 Å². The van der Waals surface area contributed by atoms with E-state index in [4.69, 9.17) is 14.3 Å². The van der Waals surface area contributed by atoms with Crippen molar-refractivity contribution in [2.24, 2.45) is 0 Å². The van der Waals surface area contributed by atoms with Crippen LogP contribution in [0.1, 0.15) is 34.7 Å². The highest BCUT2D eigenvalue weighted by atomic mass is 16.5. The van der Waals surface area contributed by atoms with Crippen molar-refractivity contribution >= 4 is 5.97 Å². The molecule has 96 valence electrons. The minimum atomic E-state index is -1.02. The van der Waals surface area contributed by atoms with E-state index in [0.717, 1.165) is 26.0 Å². The van der Waals surface area contributed by atoms with Gasteiger partial charge in [-0.25, -0.2) is 4.79 Å². The van der Waals surface area contributed by atoms with Crippen molar-refractivity contribution in [2.45, 2.75) is 26.3 Å². The molecule has 0 amide bonds. The third-order valence-corrected chi connectivity index (χ3v) is 2.41. The molecule has 0 aliphatic rings. The second-order valence-electron chi connectivity index (χ2n) is 3.91. The molecular formula is C12H19NO4. The Bertz CT molecular complexity index is 359. The summed E-state index contributed by atoms with van der Waals surface area (Å²) in [5.74, 6) is -0.332. The number of hydrogen-bond donors (Lipinski definition) is 2. The van der Waals surface area contributed by atoms with Crippen LogP contribution in [0.15, 0.2) is 10.5 Å². The van der Waals surface area contributed by atoms with Gasteiger partial charge in [-0.15, -0.1) is 0 Å². The van der Waals surface area contributed by atoms with Gasteiger partial charge in [0.05, 0.1) is 6.54 Å². The summed E-state index contributed by atoms with van der Waals surface area (Å²) in [5, 5.41) is 12.0. The van der Waals surface area contributed by atoms with E-state index < -0.39 is 5.97 Å². The number of aryl methyl sites for hydroxylation is 1. The fraction of sp³-hybridized carbons (Fsp3) is 0.583. The molecule has 1 aromatic rings. The Balaban J connectivity index is 2.27. The highest BCUT2D eigenvalue weighted by Crippen LogP contribution is 2.14. The van der Waals surface area contributed by atoms with E-state index in [1.807, 2.05) is 0 Å². The number of nitrogens with one attached hydrogen (secondary N) is 1. The molecule has 1 aromatic heterocycles. The summed E-state index contributed by atoms with van der Waals surface area (Å²) < 4.78 is 10.2. The number of hydrogen-bond acceptors (Lipinski definition) is 4. The van der Waals surface area contributed by atoms with E-state index in [1.54, 1.807) is 20.1 Å². The van der Waals surface area contributed by atoms with Crippen molar-refractivity contribution in [1.82, 2.24) is 5.32 Å². The zero-order chi connectivity index (χ0) is 12.7.